The number of carboxylic acid groups (broad SMARTS) is 1. The van der Waals surface area contributed by atoms with Crippen molar-refractivity contribution in [2.45, 2.75) is 13.8 Å². The highest BCUT2D eigenvalue weighted by Gasteiger charge is 2.16. The number of carbonyl (C=O) groups is 2. The fourth-order valence-electron chi connectivity index (χ4n) is 1.76. The van der Waals surface area contributed by atoms with Crippen molar-refractivity contribution in [2.24, 2.45) is 0 Å². The summed E-state index contributed by atoms with van der Waals surface area (Å²) in [5.41, 5.74) is 2.62. The highest BCUT2D eigenvalue weighted by atomic mass is 79.9. The van der Waals surface area contributed by atoms with Crippen LogP contribution in [-0.4, -0.2) is 35.1 Å². The number of halogens is 1. The lowest BCUT2D eigenvalue weighted by molar-refractivity contribution is -0.137. The Kier molecular flexibility index (Phi) is 5.76. The lowest BCUT2D eigenvalue weighted by atomic mass is 10.1. The van der Waals surface area contributed by atoms with Crippen molar-refractivity contribution in [1.82, 2.24) is 4.90 Å². The zero-order valence-corrected chi connectivity index (χ0v) is 13.0. The van der Waals surface area contributed by atoms with E-state index in [9.17, 15) is 9.59 Å². The maximum atomic E-state index is 12.0. The number of nitrogens with one attached hydrogen (secondary N) is 1. The first-order chi connectivity index (χ1) is 9.35. The Labute approximate surface area is 126 Å². The second-order valence-corrected chi connectivity index (χ2v) is 5.21. The van der Waals surface area contributed by atoms with E-state index < -0.39 is 12.0 Å². The molecule has 1 rings (SSSR count). The van der Waals surface area contributed by atoms with E-state index in [1.165, 1.54) is 11.0 Å². The molecular weight excluding hydrogens is 324 g/mol. The number of carboxylic acids is 1. The van der Waals surface area contributed by atoms with Crippen molar-refractivity contribution in [3.8, 4) is 0 Å². The van der Waals surface area contributed by atoms with Gasteiger partial charge in [0.2, 0.25) is 0 Å². The number of urea groups is 1. The molecule has 6 heteroatoms. The van der Waals surface area contributed by atoms with Gasteiger partial charge >= 0.3 is 12.0 Å². The first-order valence-electron chi connectivity index (χ1n) is 6.00. The monoisotopic (exact) mass is 340 g/mol. The average molecular weight is 341 g/mol. The van der Waals surface area contributed by atoms with E-state index in [0.29, 0.717) is 5.69 Å². The third-order valence-corrected chi connectivity index (χ3v) is 3.90. The number of hydrogen-bond acceptors (Lipinski definition) is 2. The van der Waals surface area contributed by atoms with Gasteiger partial charge in [-0.05, 0) is 37.1 Å². The molecule has 108 valence electrons. The minimum Gasteiger partial charge on any atom is -0.480 e. The molecule has 0 fully saturated rings. The van der Waals surface area contributed by atoms with Crippen LogP contribution in [0.5, 0.6) is 0 Å². The summed E-state index contributed by atoms with van der Waals surface area (Å²) in [6.07, 6.45) is 1.49. The van der Waals surface area contributed by atoms with E-state index in [1.54, 1.807) is 0 Å². The molecule has 0 aliphatic carbocycles. The fraction of sp³-hybridized carbons (Fsp3) is 0.286. The maximum absolute atomic E-state index is 12.0. The van der Waals surface area contributed by atoms with Gasteiger partial charge in [-0.2, -0.15) is 0 Å². The van der Waals surface area contributed by atoms with E-state index in [4.69, 9.17) is 5.11 Å². The smallest absolute Gasteiger partial charge is 0.323 e. The zero-order valence-electron chi connectivity index (χ0n) is 11.4. The van der Waals surface area contributed by atoms with Crippen LogP contribution in [0.4, 0.5) is 10.5 Å². The molecule has 0 saturated carbocycles. The van der Waals surface area contributed by atoms with Crippen LogP contribution in [0.3, 0.4) is 0 Å². The fourth-order valence-corrected chi connectivity index (χ4v) is 1.99. The van der Waals surface area contributed by atoms with Crippen molar-refractivity contribution in [3.05, 3.63) is 40.4 Å². The van der Waals surface area contributed by atoms with Gasteiger partial charge in [-0.25, -0.2) is 4.79 Å². The Hall–Kier alpha value is -1.82. The van der Waals surface area contributed by atoms with E-state index in [0.717, 1.165) is 15.6 Å². The normalized spacial score (nSPS) is 9.95. The predicted molar refractivity (Wildman–Crippen MR) is 82.0 cm³/mol. The van der Waals surface area contributed by atoms with Crippen molar-refractivity contribution in [1.29, 1.82) is 0 Å². The van der Waals surface area contributed by atoms with Gasteiger partial charge in [-0.1, -0.05) is 22.0 Å². The van der Waals surface area contributed by atoms with Crippen LogP contribution in [0.1, 0.15) is 11.1 Å². The standard InChI is InChI=1S/C14H17BrN2O3/c1-4-5-17(8-12(18)19)14(20)16-11-6-9(2)13(15)10(3)7-11/h4,6-7H,1,5,8H2,2-3H3,(H,16,20)(H,18,19). The third-order valence-electron chi connectivity index (χ3n) is 2.65. The number of aryl methyl sites for hydroxylation is 2. The van der Waals surface area contributed by atoms with E-state index >= 15 is 0 Å². The van der Waals surface area contributed by atoms with E-state index in [-0.39, 0.29) is 13.1 Å². The molecule has 20 heavy (non-hydrogen) atoms. The molecule has 0 atom stereocenters. The number of hydrogen-bond donors (Lipinski definition) is 2. The Morgan fingerprint density at radius 1 is 1.40 bits per heavy atom. The van der Waals surface area contributed by atoms with Crippen molar-refractivity contribution in [3.63, 3.8) is 0 Å². The first kappa shape index (κ1) is 16.2. The van der Waals surface area contributed by atoms with Crippen molar-refractivity contribution < 1.29 is 14.7 Å². The zero-order chi connectivity index (χ0) is 15.3. The van der Waals surface area contributed by atoms with Crippen LogP contribution in [-0.2, 0) is 4.79 Å². The number of benzene rings is 1. The largest absolute Gasteiger partial charge is 0.480 e. The lowest BCUT2D eigenvalue weighted by Crippen LogP contribution is -2.38. The van der Waals surface area contributed by atoms with Gasteiger partial charge in [0.05, 0.1) is 0 Å². The molecule has 0 aromatic heterocycles. The van der Waals surface area contributed by atoms with Crippen LogP contribution < -0.4 is 5.32 Å². The summed E-state index contributed by atoms with van der Waals surface area (Å²) >= 11 is 3.45. The predicted octanol–water partition coefficient (Wildman–Crippen LogP) is 3.17. The third kappa shape index (κ3) is 4.38. The Morgan fingerprint density at radius 3 is 2.40 bits per heavy atom. The Balaban J connectivity index is 2.87. The van der Waals surface area contributed by atoms with Crippen LogP contribution >= 0.6 is 15.9 Å². The quantitative estimate of drug-likeness (QED) is 0.809. The average Bonchev–Trinajstić information content (AvgIpc) is 2.34. The highest BCUT2D eigenvalue weighted by molar-refractivity contribution is 9.10. The number of anilines is 1. The van der Waals surface area contributed by atoms with Crippen LogP contribution in [0.2, 0.25) is 0 Å². The van der Waals surface area contributed by atoms with Gasteiger partial charge in [-0.15, -0.1) is 6.58 Å². The summed E-state index contributed by atoms with van der Waals surface area (Å²) in [6.45, 7) is 7.17. The number of nitrogens with zero attached hydrogens (tertiary/aromatic N) is 1. The second-order valence-electron chi connectivity index (χ2n) is 4.42. The molecule has 1 aromatic rings. The van der Waals surface area contributed by atoms with Gasteiger partial charge in [0, 0.05) is 16.7 Å². The summed E-state index contributed by atoms with van der Waals surface area (Å²) in [5, 5.41) is 11.5. The molecule has 0 saturated heterocycles. The van der Waals surface area contributed by atoms with E-state index in [2.05, 4.69) is 27.8 Å². The molecule has 0 aliphatic rings. The Bertz CT molecular complexity index is 520. The lowest BCUT2D eigenvalue weighted by Gasteiger charge is -2.20. The van der Waals surface area contributed by atoms with Crippen LogP contribution in [0, 0.1) is 13.8 Å². The maximum Gasteiger partial charge on any atom is 0.323 e. The molecule has 0 spiro atoms. The SMILES string of the molecule is C=CCN(CC(=O)O)C(=O)Nc1cc(C)c(Br)c(C)c1. The number of aliphatic carboxylic acids is 1. The topological polar surface area (TPSA) is 69.6 Å². The van der Waals surface area contributed by atoms with Crippen LogP contribution in [0.25, 0.3) is 0 Å². The molecule has 5 nitrogen and oxygen atoms in total. The van der Waals surface area contributed by atoms with Gasteiger partial charge in [0.1, 0.15) is 6.54 Å². The molecule has 0 radical (unpaired) electrons. The van der Waals surface area contributed by atoms with E-state index in [1.807, 2.05) is 26.0 Å². The first-order valence-corrected chi connectivity index (χ1v) is 6.79. The number of rotatable bonds is 5. The van der Waals surface area contributed by atoms with Gasteiger partial charge in [0.25, 0.3) is 0 Å². The Morgan fingerprint density at radius 2 is 1.95 bits per heavy atom. The summed E-state index contributed by atoms with van der Waals surface area (Å²) in [4.78, 5) is 23.9. The molecule has 2 N–H and O–H groups in total. The second kappa shape index (κ2) is 7.09. The molecular formula is C14H17BrN2O3. The van der Waals surface area contributed by atoms with Gasteiger partial charge in [0.15, 0.2) is 0 Å². The highest BCUT2D eigenvalue weighted by Crippen LogP contribution is 2.25. The minimum atomic E-state index is -1.06. The summed E-state index contributed by atoms with van der Waals surface area (Å²) < 4.78 is 0.990. The van der Waals surface area contributed by atoms with Crippen molar-refractivity contribution >= 4 is 33.6 Å². The summed E-state index contributed by atoms with van der Waals surface area (Å²) in [7, 11) is 0. The van der Waals surface area contributed by atoms with Crippen molar-refractivity contribution in [2.75, 3.05) is 18.4 Å². The summed E-state index contributed by atoms with van der Waals surface area (Å²) in [5.74, 6) is -1.06. The minimum absolute atomic E-state index is 0.173. The molecule has 0 unspecified atom stereocenters. The molecule has 0 aliphatic heterocycles. The molecule has 1 aromatic carbocycles. The van der Waals surface area contributed by atoms with Crippen LogP contribution in [0.15, 0.2) is 29.3 Å². The molecule has 0 heterocycles. The summed E-state index contributed by atoms with van der Waals surface area (Å²) in [6, 6.07) is 3.18. The number of carbonyl (C=O) groups excluding carboxylic acids is 1. The number of amides is 2. The molecule has 0 bridgehead atoms. The van der Waals surface area contributed by atoms with Gasteiger partial charge in [-0.3, -0.25) is 4.79 Å². The molecule has 2 amide bonds. The van der Waals surface area contributed by atoms with Gasteiger partial charge < -0.3 is 15.3 Å².